The minimum atomic E-state index is -0.603. The van der Waals surface area contributed by atoms with Crippen LogP contribution in [0.25, 0.3) is 39.1 Å². The molecule has 1 saturated heterocycles. The molecule has 5 aromatic heterocycles. The molecule has 6 heterocycles. The molecule has 0 bridgehead atoms. The minimum absolute atomic E-state index is 0.0826. The summed E-state index contributed by atoms with van der Waals surface area (Å²) in [5.74, 6) is -0.638. The lowest BCUT2D eigenvalue weighted by atomic mass is 10.1. The third-order valence-electron chi connectivity index (χ3n) is 7.82. The van der Waals surface area contributed by atoms with Crippen LogP contribution in [0.15, 0.2) is 78.1 Å². The van der Waals surface area contributed by atoms with E-state index in [1.807, 2.05) is 47.1 Å². The molecule has 43 heavy (non-hydrogen) atoms. The highest BCUT2D eigenvalue weighted by Gasteiger charge is 2.21. The topological polar surface area (TPSA) is 129 Å². The van der Waals surface area contributed by atoms with Gasteiger partial charge in [0.1, 0.15) is 29.4 Å². The summed E-state index contributed by atoms with van der Waals surface area (Å²) in [7, 11) is 0. The SMILES string of the molecule is Nc1ncnc2c1c(-c1cc(O)cc(F)c1)nn2Cc1cc2ccccn2c1-c1ccn(CCN2CCOCC2)c(=O)c1. The van der Waals surface area contributed by atoms with Gasteiger partial charge in [0.2, 0.25) is 0 Å². The van der Waals surface area contributed by atoms with E-state index in [2.05, 4.69) is 14.9 Å². The van der Waals surface area contributed by atoms with E-state index in [-0.39, 0.29) is 23.7 Å². The van der Waals surface area contributed by atoms with Crippen molar-refractivity contribution in [1.29, 1.82) is 0 Å². The molecule has 1 aromatic carbocycles. The van der Waals surface area contributed by atoms with Gasteiger partial charge in [0, 0.05) is 72.9 Å². The maximum atomic E-state index is 14.2. The smallest absolute Gasteiger partial charge is 0.251 e. The molecule has 6 aromatic rings. The highest BCUT2D eigenvalue weighted by molar-refractivity contribution is 5.98. The van der Waals surface area contributed by atoms with Crippen LogP contribution >= 0.6 is 0 Å². The minimum Gasteiger partial charge on any atom is -0.508 e. The predicted octanol–water partition coefficient (Wildman–Crippen LogP) is 3.38. The normalized spacial score (nSPS) is 14.2. The Morgan fingerprint density at radius 1 is 0.977 bits per heavy atom. The molecule has 3 N–H and O–H groups in total. The number of aromatic nitrogens is 6. The second-order valence-corrected chi connectivity index (χ2v) is 10.6. The van der Waals surface area contributed by atoms with E-state index in [0.29, 0.717) is 42.0 Å². The predicted molar refractivity (Wildman–Crippen MR) is 160 cm³/mol. The van der Waals surface area contributed by atoms with E-state index < -0.39 is 5.82 Å². The number of phenols is 1. The number of anilines is 1. The quantitative estimate of drug-likeness (QED) is 0.294. The summed E-state index contributed by atoms with van der Waals surface area (Å²) in [5.41, 5.74) is 10.8. The molecule has 0 amide bonds. The highest BCUT2D eigenvalue weighted by Crippen LogP contribution is 2.34. The number of halogens is 1. The summed E-state index contributed by atoms with van der Waals surface area (Å²) in [5, 5.41) is 15.3. The van der Waals surface area contributed by atoms with Crippen LogP contribution in [-0.4, -0.2) is 71.6 Å². The van der Waals surface area contributed by atoms with Gasteiger partial charge in [0.25, 0.3) is 5.56 Å². The molecule has 1 aliphatic heterocycles. The third-order valence-corrected chi connectivity index (χ3v) is 7.82. The Labute approximate surface area is 245 Å². The number of ether oxygens (including phenoxy) is 1. The first-order valence-electron chi connectivity index (χ1n) is 14.0. The summed E-state index contributed by atoms with van der Waals surface area (Å²) < 4.78 is 25.1. The summed E-state index contributed by atoms with van der Waals surface area (Å²) in [6.07, 6.45) is 5.16. The van der Waals surface area contributed by atoms with Crippen molar-refractivity contribution in [2.24, 2.45) is 0 Å². The molecule has 11 nitrogen and oxygen atoms in total. The molecule has 0 spiro atoms. The number of morpholine rings is 1. The zero-order chi connectivity index (χ0) is 29.5. The van der Waals surface area contributed by atoms with E-state index in [0.717, 1.165) is 48.0 Å². The second-order valence-electron chi connectivity index (χ2n) is 10.6. The molecule has 7 rings (SSSR count). The van der Waals surface area contributed by atoms with Gasteiger partial charge in [-0.2, -0.15) is 5.10 Å². The van der Waals surface area contributed by atoms with Gasteiger partial charge in [-0.25, -0.2) is 19.0 Å². The Kier molecular flexibility index (Phi) is 6.84. The molecule has 0 atom stereocenters. The Balaban J connectivity index is 1.29. The lowest BCUT2D eigenvalue weighted by Gasteiger charge is -2.26. The molecular weight excluding hydrogens is 551 g/mol. The maximum Gasteiger partial charge on any atom is 0.251 e. The Morgan fingerprint density at radius 2 is 1.84 bits per heavy atom. The first kappa shape index (κ1) is 26.8. The molecule has 12 heteroatoms. The van der Waals surface area contributed by atoms with Crippen LogP contribution < -0.4 is 11.3 Å². The van der Waals surface area contributed by atoms with Gasteiger partial charge in [0.05, 0.1) is 30.8 Å². The van der Waals surface area contributed by atoms with Crippen LogP contribution in [0, 0.1) is 5.82 Å². The number of rotatable bonds is 7. The van der Waals surface area contributed by atoms with Gasteiger partial charge in [0.15, 0.2) is 5.65 Å². The zero-order valence-electron chi connectivity index (χ0n) is 23.2. The van der Waals surface area contributed by atoms with Crippen LogP contribution in [0.5, 0.6) is 5.75 Å². The standard InChI is InChI=1S/C31H29FN8O3/c32-23-13-21(15-25(41)17-23)28-27-30(33)34-19-35-31(27)40(36-28)18-22-14-24-3-1-2-5-39(24)29(22)20-4-6-38(26(42)16-20)8-7-37-9-11-43-12-10-37/h1-6,13-17,19,41H,7-12,18H2,(H2,33,34,35). The summed E-state index contributed by atoms with van der Waals surface area (Å²) in [4.78, 5) is 24.1. The fourth-order valence-electron chi connectivity index (χ4n) is 5.75. The second kappa shape index (κ2) is 11.0. The number of fused-ring (bicyclic) bond motifs is 2. The average Bonchev–Trinajstić information content (AvgIpc) is 3.56. The molecule has 0 aliphatic carbocycles. The van der Waals surface area contributed by atoms with Crippen molar-refractivity contribution in [2.75, 3.05) is 38.6 Å². The molecule has 1 fully saturated rings. The first-order chi connectivity index (χ1) is 20.9. The van der Waals surface area contributed by atoms with E-state index >= 15 is 0 Å². The van der Waals surface area contributed by atoms with Gasteiger partial charge in [-0.05, 0) is 36.4 Å². The van der Waals surface area contributed by atoms with Crippen LogP contribution in [-0.2, 0) is 17.8 Å². The number of nitrogens with zero attached hydrogens (tertiary/aromatic N) is 7. The number of nitrogens with two attached hydrogens (primary N) is 1. The number of nitrogen functional groups attached to an aromatic ring is 1. The van der Waals surface area contributed by atoms with E-state index in [9.17, 15) is 14.3 Å². The van der Waals surface area contributed by atoms with Gasteiger partial charge >= 0.3 is 0 Å². The van der Waals surface area contributed by atoms with E-state index in [4.69, 9.17) is 15.6 Å². The van der Waals surface area contributed by atoms with Crippen molar-refractivity contribution < 1.29 is 14.2 Å². The third kappa shape index (κ3) is 5.11. The van der Waals surface area contributed by atoms with Crippen LogP contribution in [0.4, 0.5) is 10.2 Å². The highest BCUT2D eigenvalue weighted by atomic mass is 19.1. The van der Waals surface area contributed by atoms with Crippen molar-refractivity contribution in [1.82, 2.24) is 33.6 Å². The van der Waals surface area contributed by atoms with Crippen LogP contribution in [0.2, 0.25) is 0 Å². The molecular formula is C31H29FN8O3. The Hall–Kier alpha value is -5.07. The van der Waals surface area contributed by atoms with Crippen molar-refractivity contribution in [3.63, 3.8) is 0 Å². The van der Waals surface area contributed by atoms with E-state index in [1.165, 1.54) is 18.5 Å². The van der Waals surface area contributed by atoms with Crippen molar-refractivity contribution in [3.05, 3.63) is 95.1 Å². The Morgan fingerprint density at radius 3 is 2.65 bits per heavy atom. The first-order valence-corrected chi connectivity index (χ1v) is 14.0. The fourth-order valence-corrected chi connectivity index (χ4v) is 5.75. The molecule has 0 unspecified atom stereocenters. The van der Waals surface area contributed by atoms with Crippen LogP contribution in [0.3, 0.4) is 0 Å². The summed E-state index contributed by atoms with van der Waals surface area (Å²) in [6, 6.07) is 15.3. The zero-order valence-corrected chi connectivity index (χ0v) is 23.2. The number of pyridine rings is 2. The number of hydrogen-bond acceptors (Lipinski definition) is 8. The van der Waals surface area contributed by atoms with Crippen molar-refractivity contribution in [2.45, 2.75) is 13.1 Å². The molecule has 218 valence electrons. The fraction of sp³-hybridized carbons (Fsp3) is 0.226. The number of benzene rings is 1. The van der Waals surface area contributed by atoms with Gasteiger partial charge in [-0.15, -0.1) is 0 Å². The van der Waals surface area contributed by atoms with Gasteiger partial charge in [-0.1, -0.05) is 6.07 Å². The molecule has 1 aliphatic rings. The number of hydrogen-bond donors (Lipinski definition) is 2. The largest absolute Gasteiger partial charge is 0.508 e. The number of phenolic OH excluding ortho intramolecular Hbond substituents is 1. The van der Waals surface area contributed by atoms with Crippen molar-refractivity contribution >= 4 is 22.4 Å². The number of aromatic hydroxyl groups is 1. The Bertz CT molecular complexity index is 2010. The van der Waals surface area contributed by atoms with Crippen LogP contribution in [0.1, 0.15) is 5.56 Å². The maximum absolute atomic E-state index is 14.2. The van der Waals surface area contributed by atoms with Gasteiger partial charge < -0.3 is 24.5 Å². The van der Waals surface area contributed by atoms with Gasteiger partial charge in [-0.3, -0.25) is 9.69 Å². The lowest BCUT2D eigenvalue weighted by Crippen LogP contribution is -2.39. The monoisotopic (exact) mass is 580 g/mol. The van der Waals surface area contributed by atoms with Crippen molar-refractivity contribution in [3.8, 4) is 28.3 Å². The summed E-state index contributed by atoms with van der Waals surface area (Å²) >= 11 is 0. The molecule has 0 radical (unpaired) electrons. The molecule has 0 saturated carbocycles. The summed E-state index contributed by atoms with van der Waals surface area (Å²) in [6.45, 7) is 4.83. The lowest BCUT2D eigenvalue weighted by molar-refractivity contribution is 0.0363. The van der Waals surface area contributed by atoms with E-state index in [1.54, 1.807) is 15.3 Å². The average molecular weight is 581 g/mol.